The summed E-state index contributed by atoms with van der Waals surface area (Å²) >= 11 is 18.4. The molecule has 1 aliphatic rings. The number of aromatic carboxylic acids is 1. The standard InChI is InChI=1S/C16H9Cl3F3NO3S/c1-6-2-11(27-13(6)14(24)25)10-5-15(26-23-10,16(20,21)22)7-3-8(17)12(19)9(18)4-7/h2-4H,5H2,1H3,(H,24,25). The summed E-state index contributed by atoms with van der Waals surface area (Å²) in [4.78, 5) is 16.4. The predicted octanol–water partition coefficient (Wildman–Crippen LogP) is 6.30. The fourth-order valence-corrected chi connectivity index (χ4v) is 4.25. The van der Waals surface area contributed by atoms with Gasteiger partial charge in [0.05, 0.1) is 26.4 Å². The zero-order valence-electron chi connectivity index (χ0n) is 13.3. The molecule has 0 spiro atoms. The second-order valence-corrected chi connectivity index (χ2v) is 8.06. The van der Waals surface area contributed by atoms with E-state index in [9.17, 15) is 18.0 Å². The second-order valence-electron chi connectivity index (χ2n) is 5.81. The molecule has 2 aromatic rings. The van der Waals surface area contributed by atoms with Crippen molar-refractivity contribution < 1.29 is 27.9 Å². The number of halogens is 6. The average Bonchev–Trinajstić information content (AvgIpc) is 3.16. The summed E-state index contributed by atoms with van der Waals surface area (Å²) in [6.45, 7) is 1.55. The number of hydrogen-bond donors (Lipinski definition) is 1. The number of aryl methyl sites for hydroxylation is 1. The first kappa shape index (κ1) is 20.3. The lowest BCUT2D eigenvalue weighted by atomic mass is 9.88. The van der Waals surface area contributed by atoms with Crippen LogP contribution in [0, 0.1) is 6.92 Å². The Morgan fingerprint density at radius 3 is 2.33 bits per heavy atom. The first-order valence-corrected chi connectivity index (χ1v) is 9.22. The summed E-state index contributed by atoms with van der Waals surface area (Å²) in [6.07, 6.45) is -5.51. The number of rotatable bonds is 3. The summed E-state index contributed by atoms with van der Waals surface area (Å²) < 4.78 is 41.9. The molecule has 0 bridgehead atoms. The summed E-state index contributed by atoms with van der Waals surface area (Å²) in [5.74, 6) is -1.17. The molecular weight excluding hydrogens is 450 g/mol. The number of alkyl halides is 3. The molecule has 1 atom stereocenters. The van der Waals surface area contributed by atoms with Crippen molar-refractivity contribution in [3.8, 4) is 0 Å². The molecule has 0 aliphatic carbocycles. The molecule has 0 saturated carbocycles. The summed E-state index contributed by atoms with van der Waals surface area (Å²) in [5.41, 5.74) is -2.75. The Morgan fingerprint density at radius 2 is 1.85 bits per heavy atom. The van der Waals surface area contributed by atoms with Crippen LogP contribution in [0.1, 0.15) is 32.1 Å². The lowest BCUT2D eigenvalue weighted by Crippen LogP contribution is -2.42. The first-order valence-electron chi connectivity index (χ1n) is 7.27. The molecule has 144 valence electrons. The minimum Gasteiger partial charge on any atom is -0.477 e. The van der Waals surface area contributed by atoms with E-state index in [1.165, 1.54) is 6.07 Å². The van der Waals surface area contributed by atoms with Gasteiger partial charge in [-0.3, -0.25) is 0 Å². The van der Waals surface area contributed by atoms with Gasteiger partial charge in [-0.1, -0.05) is 40.0 Å². The van der Waals surface area contributed by atoms with Crippen LogP contribution in [-0.4, -0.2) is 23.0 Å². The molecule has 1 aliphatic heterocycles. The number of hydrogen-bond acceptors (Lipinski definition) is 4. The maximum absolute atomic E-state index is 14.0. The number of carbonyl (C=O) groups is 1. The zero-order valence-corrected chi connectivity index (χ0v) is 16.4. The van der Waals surface area contributed by atoms with Gasteiger partial charge in [-0.25, -0.2) is 4.79 Å². The largest absolute Gasteiger partial charge is 0.477 e. The van der Waals surface area contributed by atoms with Gasteiger partial charge in [0.1, 0.15) is 10.6 Å². The van der Waals surface area contributed by atoms with Crippen LogP contribution in [-0.2, 0) is 10.4 Å². The Morgan fingerprint density at radius 1 is 1.26 bits per heavy atom. The highest BCUT2D eigenvalue weighted by Crippen LogP contribution is 2.51. The topological polar surface area (TPSA) is 58.9 Å². The second kappa shape index (κ2) is 6.84. The first-order chi connectivity index (χ1) is 12.5. The van der Waals surface area contributed by atoms with Gasteiger partial charge in [0.15, 0.2) is 0 Å². The number of oxime groups is 1. The van der Waals surface area contributed by atoms with E-state index in [4.69, 9.17) is 44.7 Å². The van der Waals surface area contributed by atoms with Gasteiger partial charge in [-0.05, 0) is 30.7 Å². The SMILES string of the molecule is Cc1cc(C2=NOC(c3cc(Cl)c(Cl)c(Cl)c3)(C(F)(F)F)C2)sc1C(=O)O. The third-order valence-corrected chi connectivity index (χ3v) is 6.50. The minimum absolute atomic E-state index is 0.0184. The lowest BCUT2D eigenvalue weighted by Gasteiger charge is -2.29. The molecule has 1 aromatic carbocycles. The molecule has 0 saturated heterocycles. The highest BCUT2D eigenvalue weighted by molar-refractivity contribution is 7.16. The maximum Gasteiger partial charge on any atom is 0.435 e. The highest BCUT2D eigenvalue weighted by atomic mass is 35.5. The third-order valence-electron chi connectivity index (χ3n) is 4.03. The number of benzene rings is 1. The van der Waals surface area contributed by atoms with Crippen LogP contribution in [0.25, 0.3) is 0 Å². The molecule has 0 radical (unpaired) electrons. The molecule has 27 heavy (non-hydrogen) atoms. The summed E-state index contributed by atoms with van der Waals surface area (Å²) in [6, 6.07) is 3.53. The van der Waals surface area contributed by atoms with Crippen molar-refractivity contribution in [3.05, 3.63) is 54.1 Å². The van der Waals surface area contributed by atoms with Crippen molar-refractivity contribution in [2.75, 3.05) is 0 Å². The van der Waals surface area contributed by atoms with Gasteiger partial charge in [0.2, 0.25) is 0 Å². The number of thiophene rings is 1. The van der Waals surface area contributed by atoms with Gasteiger partial charge in [-0.2, -0.15) is 13.2 Å². The zero-order chi connectivity index (χ0) is 20.1. The fraction of sp³-hybridized carbons (Fsp3) is 0.250. The van der Waals surface area contributed by atoms with Gasteiger partial charge in [0.25, 0.3) is 5.60 Å². The molecule has 3 rings (SSSR count). The van der Waals surface area contributed by atoms with E-state index in [1.807, 2.05) is 0 Å². The predicted molar refractivity (Wildman–Crippen MR) is 97.5 cm³/mol. The molecule has 1 unspecified atom stereocenters. The van der Waals surface area contributed by atoms with Crippen molar-refractivity contribution in [1.29, 1.82) is 0 Å². The van der Waals surface area contributed by atoms with Crippen molar-refractivity contribution in [2.24, 2.45) is 5.16 Å². The Kier molecular flexibility index (Phi) is 5.14. The molecule has 1 N–H and O–H groups in total. The molecule has 11 heteroatoms. The van der Waals surface area contributed by atoms with Gasteiger partial charge in [0, 0.05) is 5.56 Å². The monoisotopic (exact) mass is 457 g/mol. The van der Waals surface area contributed by atoms with Crippen LogP contribution in [0.4, 0.5) is 13.2 Å². The molecule has 0 amide bonds. The van der Waals surface area contributed by atoms with E-state index >= 15 is 0 Å². The van der Waals surface area contributed by atoms with Crippen molar-refractivity contribution in [2.45, 2.75) is 25.1 Å². The van der Waals surface area contributed by atoms with E-state index in [1.54, 1.807) is 6.92 Å². The van der Waals surface area contributed by atoms with E-state index < -0.39 is 24.2 Å². The van der Waals surface area contributed by atoms with Crippen LogP contribution in [0.2, 0.25) is 15.1 Å². The lowest BCUT2D eigenvalue weighted by molar-refractivity contribution is -0.275. The Labute approximate surface area is 170 Å². The number of carboxylic acid groups (broad SMARTS) is 1. The molecular formula is C16H9Cl3F3NO3S. The van der Waals surface area contributed by atoms with E-state index in [2.05, 4.69) is 5.16 Å². The quantitative estimate of drug-likeness (QED) is 0.549. The Balaban J connectivity index is 2.06. The number of carboxylic acids is 1. The average molecular weight is 459 g/mol. The maximum atomic E-state index is 14.0. The van der Waals surface area contributed by atoms with Crippen molar-refractivity contribution in [1.82, 2.24) is 0 Å². The molecule has 2 heterocycles. The normalized spacial score (nSPS) is 19.7. The Bertz CT molecular complexity index is 951. The number of nitrogens with zero attached hydrogens (tertiary/aromatic N) is 1. The summed E-state index contributed by atoms with van der Waals surface area (Å²) in [7, 11) is 0. The van der Waals surface area contributed by atoms with E-state index in [-0.39, 0.29) is 36.1 Å². The van der Waals surface area contributed by atoms with E-state index in [0.29, 0.717) is 5.56 Å². The van der Waals surface area contributed by atoms with Crippen LogP contribution in [0.5, 0.6) is 0 Å². The van der Waals surface area contributed by atoms with Crippen LogP contribution < -0.4 is 0 Å². The van der Waals surface area contributed by atoms with Crippen molar-refractivity contribution in [3.63, 3.8) is 0 Å². The van der Waals surface area contributed by atoms with Crippen molar-refractivity contribution >= 4 is 57.8 Å². The van der Waals surface area contributed by atoms with Crippen LogP contribution in [0.3, 0.4) is 0 Å². The Hall–Kier alpha value is -1.48. The minimum atomic E-state index is -4.85. The molecule has 0 fully saturated rings. The third kappa shape index (κ3) is 3.40. The molecule has 1 aromatic heterocycles. The van der Waals surface area contributed by atoms with Gasteiger partial charge in [-0.15, -0.1) is 11.3 Å². The highest BCUT2D eigenvalue weighted by Gasteiger charge is 2.62. The fourth-order valence-electron chi connectivity index (χ4n) is 2.66. The van der Waals surface area contributed by atoms with Crippen LogP contribution >= 0.6 is 46.1 Å². The summed E-state index contributed by atoms with van der Waals surface area (Å²) in [5, 5.41) is 12.4. The van der Waals surface area contributed by atoms with Gasteiger partial charge >= 0.3 is 12.1 Å². The van der Waals surface area contributed by atoms with Gasteiger partial charge < -0.3 is 9.94 Å². The van der Waals surface area contributed by atoms with E-state index in [0.717, 1.165) is 23.5 Å². The van der Waals surface area contributed by atoms with Crippen LogP contribution in [0.15, 0.2) is 23.4 Å². The molecule has 4 nitrogen and oxygen atoms in total. The smallest absolute Gasteiger partial charge is 0.435 e.